The van der Waals surface area contributed by atoms with E-state index in [1.54, 1.807) is 6.92 Å². The molecule has 24 heavy (non-hydrogen) atoms. The van der Waals surface area contributed by atoms with Crippen LogP contribution in [0.4, 0.5) is 23.7 Å². The molecule has 0 aliphatic heterocycles. The molecule has 0 aliphatic carbocycles. The highest BCUT2D eigenvalue weighted by Crippen LogP contribution is 2.34. The van der Waals surface area contributed by atoms with Gasteiger partial charge in [-0.25, -0.2) is 4.79 Å². The molecule has 0 saturated heterocycles. The third kappa shape index (κ3) is 4.50. The van der Waals surface area contributed by atoms with Gasteiger partial charge in [-0.3, -0.25) is 0 Å². The van der Waals surface area contributed by atoms with Crippen molar-refractivity contribution in [2.75, 3.05) is 5.32 Å². The fourth-order valence-electron chi connectivity index (χ4n) is 2.32. The van der Waals surface area contributed by atoms with Gasteiger partial charge >= 0.3 is 12.2 Å². The topological polar surface area (TPSA) is 41.1 Å². The monoisotopic (exact) mass is 336 g/mol. The Labute approximate surface area is 138 Å². The van der Waals surface area contributed by atoms with Gasteiger partial charge in [0, 0.05) is 0 Å². The smallest absolute Gasteiger partial charge is 0.331 e. The van der Waals surface area contributed by atoms with Crippen molar-refractivity contribution in [2.45, 2.75) is 32.5 Å². The van der Waals surface area contributed by atoms with E-state index in [4.69, 9.17) is 0 Å². The third-order valence-electron chi connectivity index (χ3n) is 3.72. The third-order valence-corrected chi connectivity index (χ3v) is 3.72. The van der Waals surface area contributed by atoms with Gasteiger partial charge in [0.25, 0.3) is 0 Å². The van der Waals surface area contributed by atoms with Gasteiger partial charge in [-0.05, 0) is 36.6 Å². The molecule has 0 aromatic heterocycles. The number of benzene rings is 2. The minimum Gasteiger partial charge on any atom is -0.331 e. The lowest BCUT2D eigenvalue weighted by Crippen LogP contribution is -2.31. The number of hydrogen-bond acceptors (Lipinski definition) is 1. The molecule has 0 bridgehead atoms. The Morgan fingerprint density at radius 1 is 1.08 bits per heavy atom. The minimum absolute atomic E-state index is 0.268. The quantitative estimate of drug-likeness (QED) is 0.796. The Bertz CT molecular complexity index is 696. The number of anilines is 1. The van der Waals surface area contributed by atoms with E-state index in [0.29, 0.717) is 0 Å². The zero-order chi connectivity index (χ0) is 17.7. The van der Waals surface area contributed by atoms with Crippen LogP contribution in [0.1, 0.15) is 36.6 Å². The van der Waals surface area contributed by atoms with Gasteiger partial charge in [0.2, 0.25) is 0 Å². The number of aryl methyl sites for hydroxylation is 1. The molecule has 0 heterocycles. The predicted molar refractivity (Wildman–Crippen MR) is 87.8 cm³/mol. The Morgan fingerprint density at radius 3 is 2.29 bits per heavy atom. The van der Waals surface area contributed by atoms with E-state index in [1.165, 1.54) is 23.8 Å². The molecule has 3 nitrogen and oxygen atoms in total. The number of carbonyl (C=O) groups excluding carboxylic acids is 1. The molecule has 2 rings (SSSR count). The lowest BCUT2D eigenvalue weighted by atomic mass is 10.1. The number of hydrogen-bond donors (Lipinski definition) is 2. The number of carbonyl (C=O) groups is 1. The summed E-state index contributed by atoms with van der Waals surface area (Å²) >= 11 is 0. The van der Waals surface area contributed by atoms with E-state index in [1.807, 2.05) is 31.2 Å². The van der Waals surface area contributed by atoms with Crippen LogP contribution in [-0.2, 0) is 12.6 Å². The normalized spacial score (nSPS) is 12.5. The number of amides is 2. The molecule has 0 radical (unpaired) electrons. The maximum absolute atomic E-state index is 12.9. The van der Waals surface area contributed by atoms with Crippen LogP contribution >= 0.6 is 0 Å². The first-order valence-electron chi connectivity index (χ1n) is 7.64. The Morgan fingerprint density at radius 2 is 1.71 bits per heavy atom. The molecule has 2 amide bonds. The summed E-state index contributed by atoms with van der Waals surface area (Å²) in [5, 5.41) is 4.91. The second kappa shape index (κ2) is 7.38. The van der Waals surface area contributed by atoms with Gasteiger partial charge in [-0.2, -0.15) is 13.2 Å². The maximum Gasteiger partial charge on any atom is 0.418 e. The molecule has 128 valence electrons. The van der Waals surface area contributed by atoms with Crippen molar-refractivity contribution in [3.05, 3.63) is 65.2 Å². The summed E-state index contributed by atoms with van der Waals surface area (Å²) in [5.74, 6) is 0. The molecule has 1 unspecified atom stereocenters. The number of alkyl halides is 3. The molecular weight excluding hydrogens is 317 g/mol. The van der Waals surface area contributed by atoms with Crippen molar-refractivity contribution in [1.82, 2.24) is 5.32 Å². The van der Waals surface area contributed by atoms with Gasteiger partial charge in [0.15, 0.2) is 0 Å². The molecule has 0 aliphatic rings. The Kier molecular flexibility index (Phi) is 5.49. The summed E-state index contributed by atoms with van der Waals surface area (Å²) in [6.45, 7) is 3.82. The highest BCUT2D eigenvalue weighted by molar-refractivity contribution is 5.90. The maximum atomic E-state index is 12.9. The lowest BCUT2D eigenvalue weighted by molar-refractivity contribution is -0.136. The molecule has 0 saturated carbocycles. The lowest BCUT2D eigenvalue weighted by Gasteiger charge is -2.17. The van der Waals surface area contributed by atoms with Gasteiger partial charge in [-0.15, -0.1) is 0 Å². The van der Waals surface area contributed by atoms with Gasteiger partial charge in [-0.1, -0.05) is 43.3 Å². The molecule has 2 aromatic rings. The van der Waals surface area contributed by atoms with Crippen molar-refractivity contribution >= 4 is 11.7 Å². The van der Waals surface area contributed by atoms with Crippen LogP contribution in [-0.4, -0.2) is 6.03 Å². The van der Waals surface area contributed by atoms with Crippen molar-refractivity contribution in [3.8, 4) is 0 Å². The molecule has 0 fully saturated rings. The number of urea groups is 1. The summed E-state index contributed by atoms with van der Waals surface area (Å²) in [4.78, 5) is 12.0. The molecule has 2 N–H and O–H groups in total. The zero-order valence-electron chi connectivity index (χ0n) is 13.4. The van der Waals surface area contributed by atoms with Crippen LogP contribution in [0.2, 0.25) is 0 Å². The molecule has 6 heteroatoms. The van der Waals surface area contributed by atoms with Crippen LogP contribution in [0.3, 0.4) is 0 Å². The van der Waals surface area contributed by atoms with Crippen molar-refractivity contribution in [2.24, 2.45) is 0 Å². The fraction of sp³-hybridized carbons (Fsp3) is 0.278. The van der Waals surface area contributed by atoms with Gasteiger partial charge in [0.05, 0.1) is 17.3 Å². The van der Waals surface area contributed by atoms with Crippen molar-refractivity contribution in [1.29, 1.82) is 0 Å². The predicted octanol–water partition coefficient (Wildman–Crippen LogP) is 5.15. The second-order valence-electron chi connectivity index (χ2n) is 5.46. The second-order valence-corrected chi connectivity index (χ2v) is 5.46. The molecule has 2 aromatic carbocycles. The van der Waals surface area contributed by atoms with E-state index in [0.717, 1.165) is 18.1 Å². The number of rotatable bonds is 4. The zero-order valence-corrected chi connectivity index (χ0v) is 13.4. The van der Waals surface area contributed by atoms with E-state index in [2.05, 4.69) is 10.6 Å². The van der Waals surface area contributed by atoms with E-state index < -0.39 is 17.8 Å². The SMILES string of the molecule is CCc1ccc(C(C)NC(=O)Nc2ccccc2C(F)(F)F)cc1. The summed E-state index contributed by atoms with van der Waals surface area (Å²) in [6, 6.07) is 11.6. The van der Waals surface area contributed by atoms with Crippen LogP contribution in [0.5, 0.6) is 0 Å². The average molecular weight is 336 g/mol. The molecular formula is C18H19F3N2O. The summed E-state index contributed by atoms with van der Waals surface area (Å²) in [6.07, 6.45) is -3.61. The van der Waals surface area contributed by atoms with Crippen molar-refractivity contribution in [3.63, 3.8) is 0 Å². The van der Waals surface area contributed by atoms with Crippen LogP contribution in [0.15, 0.2) is 48.5 Å². The number of para-hydroxylation sites is 1. The van der Waals surface area contributed by atoms with E-state index in [-0.39, 0.29) is 11.7 Å². The Balaban J connectivity index is 2.05. The summed E-state index contributed by atoms with van der Waals surface area (Å²) in [7, 11) is 0. The molecule has 0 spiro atoms. The van der Waals surface area contributed by atoms with Crippen molar-refractivity contribution < 1.29 is 18.0 Å². The first kappa shape index (κ1) is 17.8. The van der Waals surface area contributed by atoms with E-state index in [9.17, 15) is 18.0 Å². The fourth-order valence-corrected chi connectivity index (χ4v) is 2.32. The van der Waals surface area contributed by atoms with Crippen LogP contribution in [0, 0.1) is 0 Å². The first-order chi connectivity index (χ1) is 11.3. The molecule has 1 atom stereocenters. The summed E-state index contributed by atoms with van der Waals surface area (Å²) in [5.41, 5.74) is 0.914. The largest absolute Gasteiger partial charge is 0.418 e. The highest BCUT2D eigenvalue weighted by atomic mass is 19.4. The highest BCUT2D eigenvalue weighted by Gasteiger charge is 2.33. The average Bonchev–Trinajstić information content (AvgIpc) is 2.54. The Hall–Kier alpha value is -2.50. The minimum atomic E-state index is -4.52. The first-order valence-corrected chi connectivity index (χ1v) is 7.64. The van der Waals surface area contributed by atoms with E-state index >= 15 is 0 Å². The summed E-state index contributed by atoms with van der Waals surface area (Å²) < 4.78 is 38.8. The van der Waals surface area contributed by atoms with Gasteiger partial charge in [0.1, 0.15) is 0 Å². The van der Waals surface area contributed by atoms with Crippen LogP contribution < -0.4 is 10.6 Å². The van der Waals surface area contributed by atoms with Crippen LogP contribution in [0.25, 0.3) is 0 Å². The van der Waals surface area contributed by atoms with Gasteiger partial charge < -0.3 is 10.6 Å². The number of halogens is 3. The standard InChI is InChI=1S/C18H19F3N2O/c1-3-13-8-10-14(11-9-13)12(2)22-17(24)23-16-7-5-4-6-15(16)18(19,20)21/h4-12H,3H2,1-2H3,(H2,22,23,24). The number of nitrogens with one attached hydrogen (secondary N) is 2.